The minimum absolute atomic E-state index is 0.340. The Hall–Kier alpha value is 0.180. The van der Waals surface area contributed by atoms with E-state index in [0.717, 1.165) is 4.48 Å². The molecule has 0 amide bonds. The molecule has 0 saturated heterocycles. The van der Waals surface area contributed by atoms with Gasteiger partial charge < -0.3 is 0 Å². The van der Waals surface area contributed by atoms with Gasteiger partial charge in [0.15, 0.2) is 0 Å². The summed E-state index contributed by atoms with van der Waals surface area (Å²) in [6, 6.07) is 0. The molecule has 2 heteroatoms. The lowest BCUT2D eigenvalue weighted by Crippen LogP contribution is -1.88. The average Bonchev–Trinajstić information content (AvgIpc) is 1.99. The van der Waals surface area contributed by atoms with E-state index in [9.17, 15) is 0 Å². The van der Waals surface area contributed by atoms with E-state index in [2.05, 4.69) is 37.9 Å². The average molecular weight is 250 g/mol. The standard InChI is InChI=1S/C7H6Br2/c8-6-4-2-1-3-5-7(6)9/h1-6H. The molecule has 0 aromatic rings. The Morgan fingerprint density at radius 1 is 1.22 bits per heavy atom. The molecule has 1 atom stereocenters. The summed E-state index contributed by atoms with van der Waals surface area (Å²) in [6.45, 7) is 0. The summed E-state index contributed by atoms with van der Waals surface area (Å²) in [6.07, 6.45) is 10.1. The maximum absolute atomic E-state index is 3.46. The van der Waals surface area contributed by atoms with E-state index >= 15 is 0 Å². The molecule has 48 valence electrons. The van der Waals surface area contributed by atoms with Gasteiger partial charge in [0.05, 0.1) is 4.83 Å². The van der Waals surface area contributed by atoms with Crippen molar-refractivity contribution in [1.82, 2.24) is 0 Å². The van der Waals surface area contributed by atoms with E-state index in [0.29, 0.717) is 4.83 Å². The number of halogens is 2. The van der Waals surface area contributed by atoms with Crippen molar-refractivity contribution in [2.24, 2.45) is 0 Å². The molecule has 1 aliphatic rings. The SMILES string of the molecule is BrC1=CC=CC=CC1Br. The van der Waals surface area contributed by atoms with Crippen molar-refractivity contribution in [3.05, 3.63) is 34.9 Å². The summed E-state index contributed by atoms with van der Waals surface area (Å²) in [4.78, 5) is 0.340. The van der Waals surface area contributed by atoms with Crippen molar-refractivity contribution in [3.8, 4) is 0 Å². The zero-order valence-corrected chi connectivity index (χ0v) is 7.89. The van der Waals surface area contributed by atoms with Crippen molar-refractivity contribution < 1.29 is 0 Å². The van der Waals surface area contributed by atoms with Crippen molar-refractivity contribution in [2.75, 3.05) is 0 Å². The van der Waals surface area contributed by atoms with Gasteiger partial charge in [-0.15, -0.1) is 0 Å². The highest BCUT2D eigenvalue weighted by atomic mass is 79.9. The van der Waals surface area contributed by atoms with Crippen molar-refractivity contribution in [2.45, 2.75) is 4.83 Å². The highest BCUT2D eigenvalue weighted by molar-refractivity contribution is 9.14. The Balaban J connectivity index is 2.80. The summed E-state index contributed by atoms with van der Waals surface area (Å²) in [5.74, 6) is 0. The van der Waals surface area contributed by atoms with E-state index in [1.165, 1.54) is 0 Å². The molecule has 0 aromatic heterocycles. The third kappa shape index (κ3) is 2.11. The summed E-state index contributed by atoms with van der Waals surface area (Å²) < 4.78 is 1.16. The quantitative estimate of drug-likeness (QED) is 0.579. The van der Waals surface area contributed by atoms with E-state index < -0.39 is 0 Å². The van der Waals surface area contributed by atoms with E-state index in [1.807, 2.05) is 24.3 Å². The van der Waals surface area contributed by atoms with Crippen LogP contribution in [0.3, 0.4) is 0 Å². The molecule has 0 spiro atoms. The number of allylic oxidation sites excluding steroid dienone is 6. The highest BCUT2D eigenvalue weighted by Crippen LogP contribution is 2.21. The van der Waals surface area contributed by atoms with Gasteiger partial charge in [0.25, 0.3) is 0 Å². The molecule has 1 unspecified atom stereocenters. The van der Waals surface area contributed by atoms with Crippen LogP contribution in [0.5, 0.6) is 0 Å². The van der Waals surface area contributed by atoms with Crippen LogP contribution in [0.25, 0.3) is 0 Å². The second kappa shape index (κ2) is 3.37. The first-order valence-electron chi connectivity index (χ1n) is 2.65. The van der Waals surface area contributed by atoms with Crippen LogP contribution in [0.15, 0.2) is 34.9 Å². The number of hydrogen-bond acceptors (Lipinski definition) is 0. The third-order valence-corrected chi connectivity index (χ3v) is 3.19. The fraction of sp³-hybridized carbons (Fsp3) is 0.143. The lowest BCUT2D eigenvalue weighted by molar-refractivity contribution is 1.43. The molecule has 0 nitrogen and oxygen atoms in total. The Morgan fingerprint density at radius 3 is 2.78 bits per heavy atom. The summed E-state index contributed by atoms with van der Waals surface area (Å²) in [5.41, 5.74) is 0. The lowest BCUT2D eigenvalue weighted by Gasteiger charge is -1.97. The van der Waals surface area contributed by atoms with Crippen molar-refractivity contribution >= 4 is 31.9 Å². The number of hydrogen-bond donors (Lipinski definition) is 0. The van der Waals surface area contributed by atoms with Crippen LogP contribution in [0.2, 0.25) is 0 Å². The largest absolute Gasteiger partial charge is 0.0787 e. The highest BCUT2D eigenvalue weighted by Gasteiger charge is 2.01. The van der Waals surface area contributed by atoms with Gasteiger partial charge in [-0.05, 0) is 0 Å². The van der Waals surface area contributed by atoms with Gasteiger partial charge in [-0.3, -0.25) is 0 Å². The van der Waals surface area contributed by atoms with Crippen LogP contribution in [0.1, 0.15) is 0 Å². The predicted octanol–water partition coefficient (Wildman–Crippen LogP) is 3.15. The summed E-state index contributed by atoms with van der Waals surface area (Å²) in [7, 11) is 0. The number of alkyl halides is 1. The molecule has 0 bridgehead atoms. The first kappa shape index (κ1) is 7.29. The van der Waals surface area contributed by atoms with Gasteiger partial charge >= 0.3 is 0 Å². The summed E-state index contributed by atoms with van der Waals surface area (Å²) >= 11 is 6.88. The molecule has 0 saturated carbocycles. The smallest absolute Gasteiger partial charge is 0.0644 e. The first-order chi connectivity index (χ1) is 4.30. The van der Waals surface area contributed by atoms with Crippen LogP contribution in [-0.2, 0) is 0 Å². The maximum Gasteiger partial charge on any atom is 0.0644 e. The minimum Gasteiger partial charge on any atom is -0.0787 e. The molecule has 0 aliphatic heterocycles. The molecule has 0 aromatic carbocycles. The number of rotatable bonds is 0. The Bertz CT molecular complexity index is 177. The lowest BCUT2D eigenvalue weighted by atomic mass is 10.4. The van der Waals surface area contributed by atoms with Crippen LogP contribution in [0.4, 0.5) is 0 Å². The molecule has 1 rings (SSSR count). The molecule has 0 radical (unpaired) electrons. The monoisotopic (exact) mass is 248 g/mol. The molecular formula is C7H6Br2. The van der Waals surface area contributed by atoms with E-state index in [1.54, 1.807) is 0 Å². The van der Waals surface area contributed by atoms with Crippen LogP contribution in [-0.4, -0.2) is 4.83 Å². The van der Waals surface area contributed by atoms with Crippen molar-refractivity contribution in [3.63, 3.8) is 0 Å². The van der Waals surface area contributed by atoms with Crippen LogP contribution >= 0.6 is 31.9 Å². The van der Waals surface area contributed by atoms with Gasteiger partial charge in [0, 0.05) is 4.48 Å². The minimum atomic E-state index is 0.340. The van der Waals surface area contributed by atoms with Gasteiger partial charge in [-0.25, -0.2) is 0 Å². The fourth-order valence-corrected chi connectivity index (χ4v) is 1.19. The van der Waals surface area contributed by atoms with Gasteiger partial charge in [0.1, 0.15) is 0 Å². The maximum atomic E-state index is 3.46. The van der Waals surface area contributed by atoms with E-state index in [-0.39, 0.29) is 0 Å². The Kier molecular flexibility index (Phi) is 2.73. The topological polar surface area (TPSA) is 0 Å². The zero-order chi connectivity index (χ0) is 6.69. The summed E-state index contributed by atoms with van der Waals surface area (Å²) in [5, 5.41) is 0. The van der Waals surface area contributed by atoms with Gasteiger partial charge in [-0.1, -0.05) is 62.2 Å². The normalized spacial score (nSPS) is 25.6. The van der Waals surface area contributed by atoms with Gasteiger partial charge in [0.2, 0.25) is 0 Å². The van der Waals surface area contributed by atoms with E-state index in [4.69, 9.17) is 0 Å². The predicted molar refractivity (Wildman–Crippen MR) is 48.0 cm³/mol. The van der Waals surface area contributed by atoms with Crippen LogP contribution in [0, 0.1) is 0 Å². The third-order valence-electron chi connectivity index (χ3n) is 1.02. The molecule has 0 N–H and O–H groups in total. The Morgan fingerprint density at radius 2 is 2.00 bits per heavy atom. The van der Waals surface area contributed by atoms with Crippen molar-refractivity contribution in [1.29, 1.82) is 0 Å². The van der Waals surface area contributed by atoms with Gasteiger partial charge in [-0.2, -0.15) is 0 Å². The first-order valence-corrected chi connectivity index (χ1v) is 4.36. The molecule has 0 heterocycles. The molecule has 0 fully saturated rings. The van der Waals surface area contributed by atoms with Crippen LogP contribution < -0.4 is 0 Å². The second-order valence-corrected chi connectivity index (χ2v) is 3.63. The molecule has 9 heavy (non-hydrogen) atoms. The fourth-order valence-electron chi connectivity index (χ4n) is 0.557. The Labute approximate surface area is 71.6 Å². The molecule has 1 aliphatic carbocycles. The molecular weight excluding hydrogens is 244 g/mol. The second-order valence-electron chi connectivity index (χ2n) is 1.72. The zero-order valence-electron chi connectivity index (χ0n) is 4.72.